The number of rotatable bonds is 5. The van der Waals surface area contributed by atoms with Crippen LogP contribution in [-0.2, 0) is 6.42 Å². The lowest BCUT2D eigenvalue weighted by atomic mass is 10.3. The van der Waals surface area contributed by atoms with Crippen molar-refractivity contribution >= 4 is 11.5 Å². The number of aryl methyl sites for hydroxylation is 1. The van der Waals surface area contributed by atoms with Crippen molar-refractivity contribution in [3.63, 3.8) is 0 Å². The molecule has 17 heavy (non-hydrogen) atoms. The SMILES string of the molecule is CCCCOc1c(CC)nn2ccc(N)nc12. The van der Waals surface area contributed by atoms with Crippen LogP contribution in [0.15, 0.2) is 12.3 Å². The minimum atomic E-state index is 0.486. The van der Waals surface area contributed by atoms with Crippen LogP contribution in [0.3, 0.4) is 0 Å². The maximum atomic E-state index is 5.78. The summed E-state index contributed by atoms with van der Waals surface area (Å²) in [5, 5.41) is 4.42. The highest BCUT2D eigenvalue weighted by Gasteiger charge is 2.14. The minimum Gasteiger partial charge on any atom is -0.488 e. The number of aromatic nitrogens is 3. The Labute approximate surface area is 101 Å². The van der Waals surface area contributed by atoms with Gasteiger partial charge in [0.25, 0.3) is 0 Å². The van der Waals surface area contributed by atoms with Crippen LogP contribution in [0.5, 0.6) is 5.75 Å². The van der Waals surface area contributed by atoms with E-state index < -0.39 is 0 Å². The summed E-state index contributed by atoms with van der Waals surface area (Å²) >= 11 is 0. The van der Waals surface area contributed by atoms with Crippen LogP contribution < -0.4 is 10.5 Å². The van der Waals surface area contributed by atoms with Crippen LogP contribution in [0.4, 0.5) is 5.82 Å². The van der Waals surface area contributed by atoms with Gasteiger partial charge in [-0.25, -0.2) is 9.50 Å². The van der Waals surface area contributed by atoms with Gasteiger partial charge in [0.1, 0.15) is 11.5 Å². The lowest BCUT2D eigenvalue weighted by Gasteiger charge is -2.04. The number of nitrogens with zero attached hydrogens (tertiary/aromatic N) is 3. The summed E-state index contributed by atoms with van der Waals surface area (Å²) in [4.78, 5) is 4.28. The van der Waals surface area contributed by atoms with E-state index in [0.717, 1.165) is 30.7 Å². The molecule has 0 radical (unpaired) electrons. The Balaban J connectivity index is 2.38. The third-order valence-electron chi connectivity index (χ3n) is 2.61. The Morgan fingerprint density at radius 1 is 1.41 bits per heavy atom. The third-order valence-corrected chi connectivity index (χ3v) is 2.61. The molecule has 0 atom stereocenters. The van der Waals surface area contributed by atoms with Gasteiger partial charge in [-0.2, -0.15) is 5.10 Å². The number of anilines is 1. The number of hydrogen-bond donors (Lipinski definition) is 1. The molecule has 0 saturated carbocycles. The molecule has 92 valence electrons. The smallest absolute Gasteiger partial charge is 0.200 e. The molecular formula is C12H18N4O. The Morgan fingerprint density at radius 2 is 2.24 bits per heavy atom. The monoisotopic (exact) mass is 234 g/mol. The number of nitrogen functional groups attached to an aromatic ring is 1. The molecule has 0 spiro atoms. The van der Waals surface area contributed by atoms with E-state index in [2.05, 4.69) is 23.9 Å². The summed E-state index contributed by atoms with van der Waals surface area (Å²) in [5.74, 6) is 1.26. The second-order valence-electron chi connectivity index (χ2n) is 3.95. The largest absolute Gasteiger partial charge is 0.488 e. The standard InChI is InChI=1S/C12H18N4O/c1-3-5-8-17-11-9(4-2)15-16-7-6-10(13)14-12(11)16/h6-7H,3-5,8H2,1-2H3,(H2,13,14). The molecule has 0 aromatic carbocycles. The first-order chi connectivity index (χ1) is 8.26. The van der Waals surface area contributed by atoms with E-state index in [1.807, 2.05) is 6.20 Å². The van der Waals surface area contributed by atoms with Crippen molar-refractivity contribution in [2.45, 2.75) is 33.1 Å². The normalized spacial score (nSPS) is 10.9. The van der Waals surface area contributed by atoms with Gasteiger partial charge in [0.2, 0.25) is 0 Å². The van der Waals surface area contributed by atoms with Crippen LogP contribution in [0, 0.1) is 0 Å². The van der Waals surface area contributed by atoms with E-state index in [1.165, 1.54) is 0 Å². The molecule has 0 bridgehead atoms. The average Bonchev–Trinajstić information content (AvgIpc) is 2.67. The van der Waals surface area contributed by atoms with Gasteiger partial charge in [-0.05, 0) is 18.9 Å². The Hall–Kier alpha value is -1.78. The number of fused-ring (bicyclic) bond motifs is 1. The summed E-state index contributed by atoms with van der Waals surface area (Å²) in [6.07, 6.45) is 4.77. The van der Waals surface area contributed by atoms with Crippen LogP contribution >= 0.6 is 0 Å². The van der Waals surface area contributed by atoms with Crippen molar-refractivity contribution in [3.05, 3.63) is 18.0 Å². The topological polar surface area (TPSA) is 65.4 Å². The molecular weight excluding hydrogens is 216 g/mol. The first-order valence-electron chi connectivity index (χ1n) is 6.02. The fourth-order valence-corrected chi connectivity index (χ4v) is 1.67. The van der Waals surface area contributed by atoms with Crippen molar-refractivity contribution in [1.29, 1.82) is 0 Å². The van der Waals surface area contributed by atoms with E-state index in [4.69, 9.17) is 10.5 Å². The summed E-state index contributed by atoms with van der Waals surface area (Å²) in [5.41, 5.74) is 7.33. The maximum absolute atomic E-state index is 5.78. The van der Waals surface area contributed by atoms with Gasteiger partial charge >= 0.3 is 0 Å². The first kappa shape index (κ1) is 11.7. The molecule has 2 N–H and O–H groups in total. The van der Waals surface area contributed by atoms with E-state index in [9.17, 15) is 0 Å². The average molecular weight is 234 g/mol. The fraction of sp³-hybridized carbons (Fsp3) is 0.500. The molecule has 0 aliphatic rings. The Morgan fingerprint density at radius 3 is 2.94 bits per heavy atom. The maximum Gasteiger partial charge on any atom is 0.200 e. The van der Waals surface area contributed by atoms with Gasteiger partial charge in [-0.3, -0.25) is 0 Å². The van der Waals surface area contributed by atoms with E-state index in [-0.39, 0.29) is 0 Å². The molecule has 0 amide bonds. The third kappa shape index (κ3) is 2.33. The summed E-state index contributed by atoms with van der Waals surface area (Å²) in [6, 6.07) is 1.73. The highest BCUT2D eigenvalue weighted by atomic mass is 16.5. The highest BCUT2D eigenvalue weighted by Crippen LogP contribution is 2.24. The number of unbranched alkanes of at least 4 members (excludes halogenated alkanes) is 1. The molecule has 2 aromatic rings. The quantitative estimate of drug-likeness (QED) is 0.804. The molecule has 0 saturated heterocycles. The molecule has 2 heterocycles. The van der Waals surface area contributed by atoms with E-state index >= 15 is 0 Å². The Bertz CT molecular complexity index is 506. The Kier molecular flexibility index (Phi) is 3.46. The molecule has 2 rings (SSSR count). The van der Waals surface area contributed by atoms with Crippen molar-refractivity contribution in [1.82, 2.24) is 14.6 Å². The number of ether oxygens (including phenoxy) is 1. The minimum absolute atomic E-state index is 0.486. The van der Waals surface area contributed by atoms with Gasteiger partial charge in [-0.1, -0.05) is 20.3 Å². The van der Waals surface area contributed by atoms with Crippen molar-refractivity contribution in [2.75, 3.05) is 12.3 Å². The molecule has 0 fully saturated rings. The van der Waals surface area contributed by atoms with Gasteiger partial charge in [0, 0.05) is 6.20 Å². The number of nitrogens with two attached hydrogens (primary N) is 1. The molecule has 5 nitrogen and oxygen atoms in total. The predicted octanol–water partition coefficient (Wildman–Crippen LogP) is 2.05. The summed E-state index contributed by atoms with van der Waals surface area (Å²) in [7, 11) is 0. The molecule has 0 unspecified atom stereocenters. The zero-order valence-electron chi connectivity index (χ0n) is 10.3. The zero-order valence-corrected chi connectivity index (χ0v) is 10.3. The van der Waals surface area contributed by atoms with Gasteiger partial charge in [0.05, 0.1) is 6.61 Å². The van der Waals surface area contributed by atoms with Gasteiger partial charge in [0.15, 0.2) is 11.4 Å². The summed E-state index contributed by atoms with van der Waals surface area (Å²) in [6.45, 7) is 4.88. The van der Waals surface area contributed by atoms with Crippen molar-refractivity contribution < 1.29 is 4.74 Å². The molecule has 5 heteroatoms. The molecule has 0 aliphatic heterocycles. The summed E-state index contributed by atoms with van der Waals surface area (Å²) < 4.78 is 7.49. The van der Waals surface area contributed by atoms with Crippen LogP contribution in [-0.4, -0.2) is 21.2 Å². The lowest BCUT2D eigenvalue weighted by Crippen LogP contribution is -1.99. The fourth-order valence-electron chi connectivity index (χ4n) is 1.67. The second-order valence-corrected chi connectivity index (χ2v) is 3.95. The van der Waals surface area contributed by atoms with Gasteiger partial charge in [-0.15, -0.1) is 0 Å². The zero-order chi connectivity index (χ0) is 12.3. The van der Waals surface area contributed by atoms with Crippen LogP contribution in [0.1, 0.15) is 32.4 Å². The van der Waals surface area contributed by atoms with Crippen molar-refractivity contribution in [2.24, 2.45) is 0 Å². The first-order valence-corrected chi connectivity index (χ1v) is 6.02. The predicted molar refractivity (Wildman–Crippen MR) is 67.2 cm³/mol. The van der Waals surface area contributed by atoms with E-state index in [0.29, 0.717) is 18.1 Å². The second kappa shape index (κ2) is 5.03. The molecule has 0 aliphatic carbocycles. The van der Waals surface area contributed by atoms with E-state index in [1.54, 1.807) is 10.6 Å². The number of hydrogen-bond acceptors (Lipinski definition) is 4. The van der Waals surface area contributed by atoms with Gasteiger partial charge < -0.3 is 10.5 Å². The highest BCUT2D eigenvalue weighted by molar-refractivity contribution is 5.58. The van der Waals surface area contributed by atoms with Crippen LogP contribution in [0.25, 0.3) is 5.65 Å². The van der Waals surface area contributed by atoms with Crippen molar-refractivity contribution in [3.8, 4) is 5.75 Å². The van der Waals surface area contributed by atoms with Crippen LogP contribution in [0.2, 0.25) is 0 Å². The lowest BCUT2D eigenvalue weighted by molar-refractivity contribution is 0.309. The molecule has 2 aromatic heterocycles.